The Kier molecular flexibility index (Phi) is 3.77. The zero-order valence-corrected chi connectivity index (χ0v) is 11.2. The van der Waals surface area contributed by atoms with Crippen LogP contribution in [-0.2, 0) is 16.6 Å². The first-order valence-corrected chi connectivity index (χ1v) is 7.08. The number of aromatic nitrogens is 2. The summed E-state index contributed by atoms with van der Waals surface area (Å²) in [6, 6.07) is 4.77. The largest absolute Gasteiger partial charge is 0.383 e. The fourth-order valence-corrected chi connectivity index (χ4v) is 2.65. The van der Waals surface area contributed by atoms with Gasteiger partial charge in [-0.05, 0) is 36.2 Å². The van der Waals surface area contributed by atoms with Gasteiger partial charge in [-0.3, -0.25) is 4.98 Å². The second kappa shape index (κ2) is 5.33. The smallest absolute Gasteiger partial charge is 0.244 e. The van der Waals surface area contributed by atoms with Crippen molar-refractivity contribution in [1.82, 2.24) is 14.7 Å². The van der Waals surface area contributed by atoms with Crippen molar-refractivity contribution in [1.29, 1.82) is 0 Å². The lowest BCUT2D eigenvalue weighted by Crippen LogP contribution is -2.24. The minimum Gasteiger partial charge on any atom is -0.383 e. The fraction of sp³-hybridized carbons (Fsp3) is 0.167. The Morgan fingerprint density at radius 1 is 1.32 bits per heavy atom. The van der Waals surface area contributed by atoms with Crippen LogP contribution in [0.15, 0.2) is 41.7 Å². The number of aryl methyl sites for hydroxylation is 1. The van der Waals surface area contributed by atoms with E-state index in [4.69, 9.17) is 5.73 Å². The molecule has 0 fully saturated rings. The van der Waals surface area contributed by atoms with E-state index in [-0.39, 0.29) is 17.3 Å². The second-order valence-electron chi connectivity index (χ2n) is 4.01. The van der Waals surface area contributed by atoms with Crippen molar-refractivity contribution in [3.8, 4) is 0 Å². The van der Waals surface area contributed by atoms with Crippen molar-refractivity contribution in [3.05, 3.63) is 47.9 Å². The Hall–Kier alpha value is -1.99. The van der Waals surface area contributed by atoms with Crippen LogP contribution in [0.5, 0.6) is 0 Å². The molecule has 0 aliphatic heterocycles. The summed E-state index contributed by atoms with van der Waals surface area (Å²) in [4.78, 5) is 7.71. The zero-order chi connectivity index (χ0) is 13.9. The average molecular weight is 278 g/mol. The maximum absolute atomic E-state index is 12.1. The molecule has 0 atom stereocenters. The standard InChI is InChI=1S/C12H14N4O2S/c1-9-4-6-14-7-10(9)8-16-19(17,18)11-3-2-5-15-12(11)13/h2-7,16H,8H2,1H3,(H2,13,15). The molecule has 0 unspecified atom stereocenters. The Bertz CT molecular complexity index is 686. The third-order valence-corrected chi connectivity index (χ3v) is 4.14. The molecule has 0 aromatic carbocycles. The van der Waals surface area contributed by atoms with Gasteiger partial charge in [0.05, 0.1) is 0 Å². The SMILES string of the molecule is Cc1ccncc1CNS(=O)(=O)c1cccnc1N. The van der Waals surface area contributed by atoms with Crippen molar-refractivity contribution < 1.29 is 8.42 Å². The monoisotopic (exact) mass is 278 g/mol. The van der Waals surface area contributed by atoms with Gasteiger partial charge < -0.3 is 5.73 Å². The number of anilines is 1. The first kappa shape index (κ1) is 13.4. The lowest BCUT2D eigenvalue weighted by molar-refractivity contribution is 0.581. The van der Waals surface area contributed by atoms with Gasteiger partial charge in [-0.25, -0.2) is 18.1 Å². The molecule has 0 bridgehead atoms. The summed E-state index contributed by atoms with van der Waals surface area (Å²) < 4.78 is 26.7. The van der Waals surface area contributed by atoms with Crippen LogP contribution in [0.2, 0.25) is 0 Å². The van der Waals surface area contributed by atoms with E-state index in [1.165, 1.54) is 18.3 Å². The summed E-state index contributed by atoms with van der Waals surface area (Å²) >= 11 is 0. The van der Waals surface area contributed by atoms with Gasteiger partial charge in [0, 0.05) is 25.1 Å². The third-order valence-electron chi connectivity index (χ3n) is 2.69. The number of sulfonamides is 1. The van der Waals surface area contributed by atoms with E-state index in [0.717, 1.165) is 11.1 Å². The van der Waals surface area contributed by atoms with Crippen LogP contribution in [0.4, 0.5) is 5.82 Å². The zero-order valence-electron chi connectivity index (χ0n) is 10.4. The first-order valence-electron chi connectivity index (χ1n) is 5.60. The van der Waals surface area contributed by atoms with Crippen molar-refractivity contribution >= 4 is 15.8 Å². The second-order valence-corrected chi connectivity index (χ2v) is 5.75. The number of nitrogen functional groups attached to an aromatic ring is 1. The molecule has 3 N–H and O–H groups in total. The predicted molar refractivity (Wildman–Crippen MR) is 71.6 cm³/mol. The highest BCUT2D eigenvalue weighted by Gasteiger charge is 2.17. The van der Waals surface area contributed by atoms with Crippen molar-refractivity contribution in [2.45, 2.75) is 18.4 Å². The molecule has 6 nitrogen and oxygen atoms in total. The van der Waals surface area contributed by atoms with E-state index in [1.54, 1.807) is 12.4 Å². The summed E-state index contributed by atoms with van der Waals surface area (Å²) in [5.74, 6) is -0.0158. The van der Waals surface area contributed by atoms with E-state index in [9.17, 15) is 8.42 Å². The minimum absolute atomic E-state index is 0.0158. The number of nitrogens with one attached hydrogen (secondary N) is 1. The van der Waals surface area contributed by atoms with Crippen LogP contribution in [-0.4, -0.2) is 18.4 Å². The summed E-state index contributed by atoms with van der Waals surface area (Å²) in [5, 5.41) is 0. The summed E-state index contributed by atoms with van der Waals surface area (Å²) in [6.45, 7) is 2.06. The molecule has 100 valence electrons. The summed E-state index contributed by atoms with van der Waals surface area (Å²) in [7, 11) is -3.67. The van der Waals surface area contributed by atoms with E-state index in [2.05, 4.69) is 14.7 Å². The van der Waals surface area contributed by atoms with Crippen LogP contribution in [0.3, 0.4) is 0 Å². The number of rotatable bonds is 4. The molecular formula is C12H14N4O2S. The van der Waals surface area contributed by atoms with Gasteiger partial charge in [-0.15, -0.1) is 0 Å². The fourth-order valence-electron chi connectivity index (χ4n) is 1.56. The lowest BCUT2D eigenvalue weighted by Gasteiger charge is -2.09. The third kappa shape index (κ3) is 3.07. The number of nitrogens with zero attached hydrogens (tertiary/aromatic N) is 2. The maximum Gasteiger partial charge on any atom is 0.244 e. The Morgan fingerprint density at radius 3 is 2.79 bits per heavy atom. The van der Waals surface area contributed by atoms with E-state index < -0.39 is 10.0 Å². The van der Waals surface area contributed by atoms with Gasteiger partial charge in [-0.2, -0.15) is 0 Å². The predicted octanol–water partition coefficient (Wildman–Crippen LogP) is 0.846. The topological polar surface area (TPSA) is 98.0 Å². The normalized spacial score (nSPS) is 11.4. The van der Waals surface area contributed by atoms with Gasteiger partial charge in [-0.1, -0.05) is 0 Å². The molecule has 0 aliphatic carbocycles. The molecule has 0 saturated carbocycles. The van der Waals surface area contributed by atoms with Crippen LogP contribution in [0, 0.1) is 6.92 Å². The molecule has 2 heterocycles. The molecule has 2 aromatic heterocycles. The Morgan fingerprint density at radius 2 is 2.11 bits per heavy atom. The Balaban J connectivity index is 2.20. The van der Waals surface area contributed by atoms with Crippen LogP contribution >= 0.6 is 0 Å². The molecule has 0 aliphatic rings. The molecule has 7 heteroatoms. The number of nitrogens with two attached hydrogens (primary N) is 1. The average Bonchev–Trinajstić information content (AvgIpc) is 2.38. The minimum atomic E-state index is -3.67. The highest BCUT2D eigenvalue weighted by Crippen LogP contribution is 2.15. The highest BCUT2D eigenvalue weighted by atomic mass is 32.2. The van der Waals surface area contributed by atoms with Crippen molar-refractivity contribution in [2.75, 3.05) is 5.73 Å². The van der Waals surface area contributed by atoms with Gasteiger partial charge >= 0.3 is 0 Å². The summed E-state index contributed by atoms with van der Waals surface area (Å²) in [6.07, 6.45) is 4.73. The van der Waals surface area contributed by atoms with Crippen LogP contribution < -0.4 is 10.5 Å². The van der Waals surface area contributed by atoms with E-state index in [0.29, 0.717) is 0 Å². The van der Waals surface area contributed by atoms with Crippen molar-refractivity contribution in [3.63, 3.8) is 0 Å². The van der Waals surface area contributed by atoms with Gasteiger partial charge in [0.1, 0.15) is 10.7 Å². The number of pyridine rings is 2. The molecule has 19 heavy (non-hydrogen) atoms. The quantitative estimate of drug-likeness (QED) is 0.863. The molecule has 2 aromatic rings. The van der Waals surface area contributed by atoms with Gasteiger partial charge in [0.2, 0.25) is 10.0 Å². The molecule has 0 amide bonds. The molecular weight excluding hydrogens is 264 g/mol. The lowest BCUT2D eigenvalue weighted by atomic mass is 10.2. The Labute approximate surface area is 111 Å². The number of hydrogen-bond donors (Lipinski definition) is 2. The first-order chi connectivity index (χ1) is 9.00. The van der Waals surface area contributed by atoms with E-state index in [1.807, 2.05) is 13.0 Å². The summed E-state index contributed by atoms with van der Waals surface area (Å²) in [5.41, 5.74) is 7.35. The van der Waals surface area contributed by atoms with Crippen molar-refractivity contribution in [2.24, 2.45) is 0 Å². The highest BCUT2D eigenvalue weighted by molar-refractivity contribution is 7.89. The molecule has 0 radical (unpaired) electrons. The van der Waals surface area contributed by atoms with E-state index >= 15 is 0 Å². The molecule has 2 rings (SSSR count). The molecule has 0 saturated heterocycles. The van der Waals surface area contributed by atoms with Gasteiger partial charge in [0.25, 0.3) is 0 Å². The van der Waals surface area contributed by atoms with Crippen LogP contribution in [0.1, 0.15) is 11.1 Å². The maximum atomic E-state index is 12.1. The van der Waals surface area contributed by atoms with Crippen LogP contribution in [0.25, 0.3) is 0 Å². The molecule has 0 spiro atoms. The van der Waals surface area contributed by atoms with Gasteiger partial charge in [0.15, 0.2) is 0 Å². The number of hydrogen-bond acceptors (Lipinski definition) is 5.